The zero-order valence-corrected chi connectivity index (χ0v) is 15.5. The molecular weight excluding hydrogens is 322 g/mol. The average Bonchev–Trinajstić information content (AvgIpc) is 2.58. The Balaban J connectivity index is 2.08. The quantitative estimate of drug-likeness (QED) is 0.638. The molecule has 0 spiro atoms. The topological polar surface area (TPSA) is 30.5 Å². The number of hydrogen-bond acceptors (Lipinski definition) is 3. The number of unbranched alkanes of at least 4 members (excludes halogenated alkanes) is 1. The van der Waals surface area contributed by atoms with Crippen LogP contribution < -0.4 is 14.8 Å². The van der Waals surface area contributed by atoms with Crippen molar-refractivity contribution in [2.75, 3.05) is 13.7 Å². The zero-order valence-electron chi connectivity index (χ0n) is 14.7. The lowest BCUT2D eigenvalue weighted by Gasteiger charge is -2.15. The molecule has 0 saturated heterocycles. The minimum Gasteiger partial charge on any atom is -0.493 e. The summed E-state index contributed by atoms with van der Waals surface area (Å²) in [5.41, 5.74) is 3.43. The fraction of sp³-hybridized carbons (Fsp3) is 0.400. The van der Waals surface area contributed by atoms with E-state index >= 15 is 0 Å². The lowest BCUT2D eigenvalue weighted by atomic mass is 10.1. The van der Waals surface area contributed by atoms with Crippen LogP contribution in [0.2, 0.25) is 5.02 Å². The molecule has 2 aromatic rings. The highest BCUT2D eigenvalue weighted by Gasteiger charge is 2.12. The fourth-order valence-corrected chi connectivity index (χ4v) is 2.76. The number of methoxy groups -OCH3 is 1. The maximum atomic E-state index is 6.43. The van der Waals surface area contributed by atoms with E-state index in [-0.39, 0.29) is 0 Å². The first-order valence-corrected chi connectivity index (χ1v) is 8.78. The molecule has 0 fully saturated rings. The minimum absolute atomic E-state index is 0.469. The third kappa shape index (κ3) is 5.15. The Hall–Kier alpha value is -1.71. The highest BCUT2D eigenvalue weighted by atomic mass is 35.5. The van der Waals surface area contributed by atoms with Crippen LogP contribution in [0.4, 0.5) is 0 Å². The maximum absolute atomic E-state index is 6.43. The molecule has 0 aromatic heterocycles. The average molecular weight is 348 g/mol. The molecule has 0 heterocycles. The second kappa shape index (κ2) is 9.55. The zero-order chi connectivity index (χ0) is 17.4. The molecule has 0 saturated carbocycles. The van der Waals surface area contributed by atoms with E-state index < -0.39 is 0 Å². The van der Waals surface area contributed by atoms with Crippen LogP contribution in [0, 0.1) is 6.92 Å². The second-order valence-corrected chi connectivity index (χ2v) is 6.26. The van der Waals surface area contributed by atoms with Crippen molar-refractivity contribution in [2.24, 2.45) is 0 Å². The van der Waals surface area contributed by atoms with Crippen LogP contribution in [0.3, 0.4) is 0 Å². The van der Waals surface area contributed by atoms with Gasteiger partial charge in [-0.2, -0.15) is 0 Å². The van der Waals surface area contributed by atoms with Gasteiger partial charge in [0, 0.05) is 6.54 Å². The van der Waals surface area contributed by atoms with Gasteiger partial charge in [0.1, 0.15) is 6.61 Å². The van der Waals surface area contributed by atoms with Gasteiger partial charge in [0.15, 0.2) is 11.5 Å². The molecule has 0 atom stereocenters. The Kier molecular flexibility index (Phi) is 7.41. The second-order valence-electron chi connectivity index (χ2n) is 5.85. The van der Waals surface area contributed by atoms with E-state index in [1.807, 2.05) is 24.3 Å². The minimum atomic E-state index is 0.469. The molecule has 0 bridgehead atoms. The SMILES string of the molecule is CCCCNCc1cc(Cl)c(OCc2ccccc2C)c(OC)c1. The Bertz CT molecular complexity index is 658. The maximum Gasteiger partial charge on any atom is 0.180 e. The van der Waals surface area contributed by atoms with Gasteiger partial charge in [-0.1, -0.05) is 49.2 Å². The normalized spacial score (nSPS) is 10.7. The number of benzene rings is 2. The molecule has 24 heavy (non-hydrogen) atoms. The summed E-state index contributed by atoms with van der Waals surface area (Å²) < 4.78 is 11.4. The molecule has 0 aliphatic carbocycles. The fourth-order valence-electron chi connectivity index (χ4n) is 2.47. The van der Waals surface area contributed by atoms with E-state index in [4.69, 9.17) is 21.1 Å². The van der Waals surface area contributed by atoms with Crippen LogP contribution in [0.15, 0.2) is 36.4 Å². The molecule has 0 radical (unpaired) electrons. The Morgan fingerprint density at radius 1 is 1.17 bits per heavy atom. The predicted octanol–water partition coefficient (Wildman–Crippen LogP) is 5.13. The van der Waals surface area contributed by atoms with E-state index in [0.717, 1.165) is 24.2 Å². The van der Waals surface area contributed by atoms with Crippen molar-refractivity contribution in [1.82, 2.24) is 5.32 Å². The molecule has 4 heteroatoms. The Morgan fingerprint density at radius 3 is 2.67 bits per heavy atom. The first-order valence-electron chi connectivity index (χ1n) is 8.40. The molecule has 0 aliphatic rings. The van der Waals surface area contributed by atoms with Gasteiger partial charge in [-0.3, -0.25) is 0 Å². The van der Waals surface area contributed by atoms with Crippen molar-refractivity contribution in [3.05, 3.63) is 58.1 Å². The number of hydrogen-bond donors (Lipinski definition) is 1. The van der Waals surface area contributed by atoms with Crippen LogP contribution >= 0.6 is 11.6 Å². The van der Waals surface area contributed by atoms with Gasteiger partial charge in [-0.15, -0.1) is 0 Å². The monoisotopic (exact) mass is 347 g/mol. The molecule has 0 aliphatic heterocycles. The Morgan fingerprint density at radius 2 is 1.96 bits per heavy atom. The highest BCUT2D eigenvalue weighted by molar-refractivity contribution is 6.32. The van der Waals surface area contributed by atoms with E-state index in [1.54, 1.807) is 7.11 Å². The van der Waals surface area contributed by atoms with Crippen LogP contribution in [-0.2, 0) is 13.2 Å². The summed E-state index contributed by atoms with van der Waals surface area (Å²) >= 11 is 6.43. The summed E-state index contributed by atoms with van der Waals surface area (Å²) in [7, 11) is 1.64. The van der Waals surface area contributed by atoms with Crippen LogP contribution in [0.5, 0.6) is 11.5 Å². The molecule has 1 N–H and O–H groups in total. The summed E-state index contributed by atoms with van der Waals surface area (Å²) in [5.74, 6) is 1.27. The lowest BCUT2D eigenvalue weighted by molar-refractivity contribution is 0.284. The van der Waals surface area contributed by atoms with Gasteiger partial charge in [0.2, 0.25) is 0 Å². The Labute approximate surface area is 149 Å². The molecule has 0 amide bonds. The molecule has 130 valence electrons. The van der Waals surface area contributed by atoms with Gasteiger partial charge in [-0.25, -0.2) is 0 Å². The van der Waals surface area contributed by atoms with Crippen molar-refractivity contribution < 1.29 is 9.47 Å². The molecule has 3 nitrogen and oxygen atoms in total. The highest BCUT2D eigenvalue weighted by Crippen LogP contribution is 2.37. The lowest BCUT2D eigenvalue weighted by Crippen LogP contribution is -2.14. The van der Waals surface area contributed by atoms with Crippen molar-refractivity contribution in [2.45, 2.75) is 39.8 Å². The largest absolute Gasteiger partial charge is 0.493 e. The van der Waals surface area contributed by atoms with Crippen LogP contribution in [-0.4, -0.2) is 13.7 Å². The summed E-state index contributed by atoms with van der Waals surface area (Å²) in [6.07, 6.45) is 2.35. The molecule has 2 aromatic carbocycles. The van der Waals surface area contributed by atoms with Crippen molar-refractivity contribution in [3.63, 3.8) is 0 Å². The molecule has 0 unspecified atom stereocenters. The van der Waals surface area contributed by atoms with E-state index in [1.165, 1.54) is 18.4 Å². The van der Waals surface area contributed by atoms with E-state index in [9.17, 15) is 0 Å². The van der Waals surface area contributed by atoms with Gasteiger partial charge in [0.25, 0.3) is 0 Å². The van der Waals surface area contributed by atoms with Crippen molar-refractivity contribution in [3.8, 4) is 11.5 Å². The van der Waals surface area contributed by atoms with Gasteiger partial charge in [0.05, 0.1) is 12.1 Å². The summed E-state index contributed by atoms with van der Waals surface area (Å²) in [5, 5.41) is 3.99. The van der Waals surface area contributed by atoms with Gasteiger partial charge in [-0.05, 0) is 48.7 Å². The number of aryl methyl sites for hydroxylation is 1. The summed E-state index contributed by atoms with van der Waals surface area (Å²) in [4.78, 5) is 0. The summed E-state index contributed by atoms with van der Waals surface area (Å²) in [6.45, 7) is 6.50. The van der Waals surface area contributed by atoms with E-state index in [0.29, 0.717) is 23.1 Å². The standard InChI is InChI=1S/C20H26ClNO2/c1-4-5-10-22-13-16-11-18(21)20(19(12-16)23-3)24-14-17-9-7-6-8-15(17)2/h6-9,11-12,22H,4-5,10,13-14H2,1-3H3. The number of rotatable bonds is 9. The predicted molar refractivity (Wildman–Crippen MR) is 100 cm³/mol. The number of ether oxygens (including phenoxy) is 2. The van der Waals surface area contributed by atoms with Gasteiger partial charge < -0.3 is 14.8 Å². The van der Waals surface area contributed by atoms with Crippen molar-refractivity contribution in [1.29, 1.82) is 0 Å². The molecular formula is C20H26ClNO2. The molecule has 2 rings (SSSR count). The number of nitrogens with one attached hydrogen (secondary N) is 1. The van der Waals surface area contributed by atoms with Crippen LogP contribution in [0.1, 0.15) is 36.5 Å². The smallest absolute Gasteiger partial charge is 0.180 e. The third-order valence-corrected chi connectivity index (χ3v) is 4.24. The van der Waals surface area contributed by atoms with Crippen LogP contribution in [0.25, 0.3) is 0 Å². The van der Waals surface area contributed by atoms with E-state index in [2.05, 4.69) is 31.3 Å². The third-order valence-electron chi connectivity index (χ3n) is 3.96. The number of halogens is 1. The van der Waals surface area contributed by atoms with Gasteiger partial charge >= 0.3 is 0 Å². The summed E-state index contributed by atoms with van der Waals surface area (Å²) in [6, 6.07) is 12.1. The van der Waals surface area contributed by atoms with Crippen molar-refractivity contribution >= 4 is 11.6 Å². The first kappa shape index (κ1) is 18.6. The first-order chi connectivity index (χ1) is 11.7.